The van der Waals surface area contributed by atoms with E-state index in [1.165, 1.54) is 0 Å². The van der Waals surface area contributed by atoms with E-state index in [4.69, 9.17) is 4.74 Å². The summed E-state index contributed by atoms with van der Waals surface area (Å²) in [6.45, 7) is 8.02. The number of hydrogen-bond acceptors (Lipinski definition) is 5. The number of carbonyl (C=O) groups is 1. The van der Waals surface area contributed by atoms with Gasteiger partial charge in [-0.15, -0.1) is 0 Å². The predicted molar refractivity (Wildman–Crippen MR) is 74.1 cm³/mol. The molecule has 1 aromatic rings. The lowest BCUT2D eigenvalue weighted by atomic mass is 9.92. The van der Waals surface area contributed by atoms with E-state index in [1.54, 1.807) is 19.3 Å². The van der Waals surface area contributed by atoms with Gasteiger partial charge in [-0.2, -0.15) is 4.98 Å². The van der Waals surface area contributed by atoms with Gasteiger partial charge in [0, 0.05) is 25.9 Å². The lowest BCUT2D eigenvalue weighted by molar-refractivity contribution is -0.128. The largest absolute Gasteiger partial charge is 0.475 e. The molecule has 0 aliphatic carbocycles. The maximum absolute atomic E-state index is 11.7. The summed E-state index contributed by atoms with van der Waals surface area (Å²) < 4.78 is 5.49. The number of aromatic nitrogens is 2. The first-order valence-electron chi connectivity index (χ1n) is 6.31. The molecule has 6 nitrogen and oxygen atoms in total. The molecule has 0 bridgehead atoms. The normalized spacial score (nSPS) is 11.3. The summed E-state index contributed by atoms with van der Waals surface area (Å²) in [6, 6.07) is 1.70. The van der Waals surface area contributed by atoms with Crippen molar-refractivity contribution >= 4 is 11.9 Å². The highest BCUT2D eigenvalue weighted by Crippen LogP contribution is 2.16. The molecule has 0 radical (unpaired) electrons. The molecular formula is C13H22N4O2. The number of carbonyl (C=O) groups excluding carboxylic acids is 1. The van der Waals surface area contributed by atoms with E-state index in [2.05, 4.69) is 20.6 Å². The van der Waals surface area contributed by atoms with Gasteiger partial charge in [0.1, 0.15) is 0 Å². The van der Waals surface area contributed by atoms with Crippen LogP contribution in [0, 0.1) is 5.41 Å². The fourth-order valence-corrected chi connectivity index (χ4v) is 1.45. The summed E-state index contributed by atoms with van der Waals surface area (Å²) in [4.78, 5) is 20.0. The average molecular weight is 266 g/mol. The molecule has 6 heteroatoms. The molecule has 0 saturated carbocycles. The van der Waals surface area contributed by atoms with Crippen LogP contribution in [0.4, 0.5) is 5.95 Å². The van der Waals surface area contributed by atoms with Gasteiger partial charge in [0.2, 0.25) is 17.7 Å². The Balaban J connectivity index is 2.65. The number of hydrogen-bond donors (Lipinski definition) is 2. The van der Waals surface area contributed by atoms with Gasteiger partial charge in [-0.25, -0.2) is 4.98 Å². The standard InChI is InChI=1S/C13H22N4O2/c1-9(2)19-10-6-7-15-12(17-10)16-8-13(3,4)11(18)14-5/h6-7,9H,8H2,1-5H3,(H,14,18)(H,15,16,17). The van der Waals surface area contributed by atoms with Gasteiger partial charge in [-0.1, -0.05) is 0 Å². The van der Waals surface area contributed by atoms with Gasteiger partial charge < -0.3 is 15.4 Å². The van der Waals surface area contributed by atoms with Crippen LogP contribution < -0.4 is 15.4 Å². The molecule has 19 heavy (non-hydrogen) atoms. The highest BCUT2D eigenvalue weighted by molar-refractivity contribution is 5.82. The Morgan fingerprint density at radius 3 is 2.74 bits per heavy atom. The van der Waals surface area contributed by atoms with Crippen molar-refractivity contribution in [1.82, 2.24) is 15.3 Å². The maximum atomic E-state index is 11.7. The molecule has 0 atom stereocenters. The van der Waals surface area contributed by atoms with Crippen LogP contribution >= 0.6 is 0 Å². The third kappa shape index (κ3) is 4.73. The van der Waals surface area contributed by atoms with E-state index < -0.39 is 5.41 Å². The molecule has 0 unspecified atom stereocenters. The van der Waals surface area contributed by atoms with Crippen LogP contribution in [0.15, 0.2) is 12.3 Å². The van der Waals surface area contributed by atoms with Crippen LogP contribution in [0.5, 0.6) is 5.88 Å². The average Bonchev–Trinajstić information content (AvgIpc) is 2.35. The van der Waals surface area contributed by atoms with E-state index in [-0.39, 0.29) is 12.0 Å². The zero-order chi connectivity index (χ0) is 14.5. The predicted octanol–water partition coefficient (Wildman–Crippen LogP) is 1.45. The molecule has 1 heterocycles. The highest BCUT2D eigenvalue weighted by Gasteiger charge is 2.26. The van der Waals surface area contributed by atoms with Crippen molar-refractivity contribution in [2.75, 3.05) is 18.9 Å². The number of anilines is 1. The summed E-state index contributed by atoms with van der Waals surface area (Å²) in [7, 11) is 1.62. The van der Waals surface area contributed by atoms with Crippen LogP contribution in [0.2, 0.25) is 0 Å². The van der Waals surface area contributed by atoms with Crippen LogP contribution in [0.3, 0.4) is 0 Å². The first-order valence-corrected chi connectivity index (χ1v) is 6.31. The number of rotatable bonds is 6. The second-order valence-corrected chi connectivity index (χ2v) is 5.20. The van der Waals surface area contributed by atoms with E-state index in [9.17, 15) is 4.79 Å². The smallest absolute Gasteiger partial charge is 0.227 e. The molecule has 0 aliphatic heterocycles. The zero-order valence-electron chi connectivity index (χ0n) is 12.2. The van der Waals surface area contributed by atoms with Gasteiger partial charge in [0.25, 0.3) is 0 Å². The monoisotopic (exact) mass is 266 g/mol. The topological polar surface area (TPSA) is 76.1 Å². The number of ether oxygens (including phenoxy) is 1. The molecule has 1 amide bonds. The number of nitrogens with one attached hydrogen (secondary N) is 2. The van der Waals surface area contributed by atoms with Crippen LogP contribution in [-0.2, 0) is 4.79 Å². The van der Waals surface area contributed by atoms with Crippen molar-refractivity contribution in [2.45, 2.75) is 33.8 Å². The minimum atomic E-state index is -0.535. The van der Waals surface area contributed by atoms with E-state index in [1.807, 2.05) is 27.7 Å². The molecule has 1 rings (SSSR count). The molecule has 0 fully saturated rings. The third-order valence-electron chi connectivity index (χ3n) is 2.52. The molecule has 2 N–H and O–H groups in total. The fraction of sp³-hybridized carbons (Fsp3) is 0.615. The fourth-order valence-electron chi connectivity index (χ4n) is 1.45. The van der Waals surface area contributed by atoms with Crippen molar-refractivity contribution in [3.63, 3.8) is 0 Å². The number of nitrogens with zero attached hydrogens (tertiary/aromatic N) is 2. The number of amides is 1. The Bertz CT molecular complexity index is 432. The Morgan fingerprint density at radius 2 is 2.16 bits per heavy atom. The Kier molecular flexibility index (Phi) is 5.09. The Hall–Kier alpha value is -1.85. The maximum Gasteiger partial charge on any atom is 0.227 e. The lowest BCUT2D eigenvalue weighted by Gasteiger charge is -2.22. The van der Waals surface area contributed by atoms with Gasteiger partial charge in [0.05, 0.1) is 11.5 Å². The van der Waals surface area contributed by atoms with Crippen molar-refractivity contribution in [3.8, 4) is 5.88 Å². The summed E-state index contributed by atoms with van der Waals surface area (Å²) in [6.07, 6.45) is 1.69. The van der Waals surface area contributed by atoms with Gasteiger partial charge in [-0.3, -0.25) is 4.79 Å². The minimum absolute atomic E-state index is 0.0328. The second kappa shape index (κ2) is 6.36. The first-order chi connectivity index (χ1) is 8.85. The van der Waals surface area contributed by atoms with Crippen LogP contribution in [-0.4, -0.2) is 35.6 Å². The molecule has 106 valence electrons. The first kappa shape index (κ1) is 15.2. The second-order valence-electron chi connectivity index (χ2n) is 5.20. The van der Waals surface area contributed by atoms with Crippen LogP contribution in [0.1, 0.15) is 27.7 Å². The van der Waals surface area contributed by atoms with Crippen molar-refractivity contribution < 1.29 is 9.53 Å². The molecular weight excluding hydrogens is 244 g/mol. The SMILES string of the molecule is CNC(=O)C(C)(C)CNc1nccc(OC(C)C)n1. The van der Waals surface area contributed by atoms with Gasteiger partial charge in [-0.05, 0) is 27.7 Å². The molecule has 1 aromatic heterocycles. The summed E-state index contributed by atoms with van der Waals surface area (Å²) in [5.41, 5.74) is -0.535. The highest BCUT2D eigenvalue weighted by atomic mass is 16.5. The molecule has 0 saturated heterocycles. The minimum Gasteiger partial charge on any atom is -0.475 e. The van der Waals surface area contributed by atoms with Crippen molar-refractivity contribution in [1.29, 1.82) is 0 Å². The summed E-state index contributed by atoms with van der Waals surface area (Å²) in [5, 5.41) is 5.69. The molecule has 0 aromatic carbocycles. The van der Waals surface area contributed by atoms with E-state index in [0.717, 1.165) is 0 Å². The zero-order valence-corrected chi connectivity index (χ0v) is 12.2. The molecule has 0 aliphatic rings. The van der Waals surface area contributed by atoms with Gasteiger partial charge in [0.15, 0.2) is 0 Å². The quantitative estimate of drug-likeness (QED) is 0.815. The summed E-state index contributed by atoms with van der Waals surface area (Å²) >= 11 is 0. The van der Waals surface area contributed by atoms with Gasteiger partial charge >= 0.3 is 0 Å². The molecule has 0 spiro atoms. The summed E-state index contributed by atoms with van der Waals surface area (Å²) in [5.74, 6) is 0.940. The van der Waals surface area contributed by atoms with E-state index in [0.29, 0.717) is 18.4 Å². The Morgan fingerprint density at radius 1 is 1.47 bits per heavy atom. The van der Waals surface area contributed by atoms with Crippen molar-refractivity contribution in [3.05, 3.63) is 12.3 Å². The lowest BCUT2D eigenvalue weighted by Crippen LogP contribution is -2.39. The van der Waals surface area contributed by atoms with Crippen molar-refractivity contribution in [2.24, 2.45) is 5.41 Å². The Labute approximate surface area is 114 Å². The van der Waals surface area contributed by atoms with Crippen LogP contribution in [0.25, 0.3) is 0 Å². The third-order valence-corrected chi connectivity index (χ3v) is 2.52. The van der Waals surface area contributed by atoms with E-state index >= 15 is 0 Å².